The Bertz CT molecular complexity index is 122. The van der Waals surface area contributed by atoms with Gasteiger partial charge in [-0.2, -0.15) is 0 Å². The van der Waals surface area contributed by atoms with Crippen molar-refractivity contribution in [2.75, 3.05) is 0 Å². The van der Waals surface area contributed by atoms with Crippen molar-refractivity contribution in [2.45, 2.75) is 57.8 Å². The van der Waals surface area contributed by atoms with Crippen LogP contribution in [0, 0.1) is 24.7 Å². The average Bonchev–Trinajstić information content (AvgIpc) is 2.76. The summed E-state index contributed by atoms with van der Waals surface area (Å²) in [5, 5.41) is 0. The van der Waals surface area contributed by atoms with E-state index in [0.717, 1.165) is 17.8 Å². The Morgan fingerprint density at radius 3 is 1.54 bits per heavy atom. The molecule has 0 aromatic heterocycles. The lowest BCUT2D eigenvalue weighted by atomic mass is 9.78. The Morgan fingerprint density at radius 2 is 1.23 bits per heavy atom. The van der Waals surface area contributed by atoms with E-state index in [2.05, 4.69) is 6.92 Å². The summed E-state index contributed by atoms with van der Waals surface area (Å²) in [5.74, 6) is 3.10. The van der Waals surface area contributed by atoms with Gasteiger partial charge in [-0.05, 0) is 24.2 Å². The second kappa shape index (κ2) is 4.48. The van der Waals surface area contributed by atoms with Gasteiger partial charge < -0.3 is 0 Å². The molecular weight excluding hydrogens is 156 g/mol. The number of hydrogen-bond donors (Lipinski definition) is 0. The van der Waals surface area contributed by atoms with Gasteiger partial charge in [-0.25, -0.2) is 0 Å². The number of rotatable bonds is 3. The molecule has 0 heteroatoms. The first-order valence-electron chi connectivity index (χ1n) is 6.21. The van der Waals surface area contributed by atoms with E-state index in [1.165, 1.54) is 57.8 Å². The highest BCUT2D eigenvalue weighted by Crippen LogP contribution is 2.42. The summed E-state index contributed by atoms with van der Waals surface area (Å²) >= 11 is 0. The van der Waals surface area contributed by atoms with Gasteiger partial charge in [0.1, 0.15) is 0 Å². The van der Waals surface area contributed by atoms with E-state index in [-0.39, 0.29) is 0 Å². The van der Waals surface area contributed by atoms with Crippen LogP contribution >= 0.6 is 0 Å². The summed E-state index contributed by atoms with van der Waals surface area (Å²) in [6.07, 6.45) is 13.2. The summed E-state index contributed by atoms with van der Waals surface area (Å²) in [6, 6.07) is 0. The van der Waals surface area contributed by atoms with Crippen molar-refractivity contribution in [3.8, 4) is 0 Å². The maximum atomic E-state index is 4.18. The highest BCUT2D eigenvalue weighted by Gasteiger charge is 2.31. The van der Waals surface area contributed by atoms with Crippen molar-refractivity contribution in [3.05, 3.63) is 6.92 Å². The van der Waals surface area contributed by atoms with E-state index in [9.17, 15) is 0 Å². The molecule has 0 aliphatic heterocycles. The van der Waals surface area contributed by atoms with Crippen LogP contribution in [-0.2, 0) is 0 Å². The molecule has 2 fully saturated rings. The van der Waals surface area contributed by atoms with E-state index < -0.39 is 0 Å². The molecule has 0 unspecified atom stereocenters. The first-order chi connectivity index (χ1) is 6.42. The van der Waals surface area contributed by atoms with E-state index in [1.807, 2.05) is 0 Å². The van der Waals surface area contributed by atoms with Crippen LogP contribution in [-0.4, -0.2) is 0 Å². The molecule has 0 heterocycles. The van der Waals surface area contributed by atoms with Crippen molar-refractivity contribution >= 4 is 0 Å². The molecule has 0 aromatic rings. The third-order valence-corrected chi connectivity index (χ3v) is 4.34. The molecule has 2 aliphatic carbocycles. The maximum Gasteiger partial charge on any atom is -0.0357 e. The summed E-state index contributed by atoms with van der Waals surface area (Å²) in [6.45, 7) is 4.18. The average molecular weight is 179 g/mol. The summed E-state index contributed by atoms with van der Waals surface area (Å²) < 4.78 is 0. The third kappa shape index (κ3) is 2.08. The summed E-state index contributed by atoms with van der Waals surface area (Å²) in [4.78, 5) is 0. The topological polar surface area (TPSA) is 0 Å². The zero-order chi connectivity index (χ0) is 9.10. The highest BCUT2D eigenvalue weighted by molar-refractivity contribution is 4.83. The molecule has 0 atom stereocenters. The van der Waals surface area contributed by atoms with Crippen LogP contribution in [0.15, 0.2) is 0 Å². The van der Waals surface area contributed by atoms with Gasteiger partial charge >= 0.3 is 0 Å². The molecule has 0 amide bonds. The van der Waals surface area contributed by atoms with Gasteiger partial charge in [-0.3, -0.25) is 0 Å². The molecule has 0 saturated heterocycles. The van der Waals surface area contributed by atoms with Crippen LogP contribution in [0.4, 0.5) is 0 Å². The van der Waals surface area contributed by atoms with Crippen LogP contribution in [0.5, 0.6) is 0 Å². The Labute approximate surface area is 83.1 Å². The fourth-order valence-corrected chi connectivity index (χ4v) is 3.63. The highest BCUT2D eigenvalue weighted by atomic mass is 14.4. The molecule has 0 bridgehead atoms. The molecule has 0 nitrogen and oxygen atoms in total. The molecule has 13 heavy (non-hydrogen) atoms. The second-order valence-corrected chi connectivity index (χ2v) is 5.04. The number of hydrogen-bond acceptors (Lipinski definition) is 0. The Kier molecular flexibility index (Phi) is 3.29. The summed E-state index contributed by atoms with van der Waals surface area (Å²) in [5.41, 5.74) is 0. The van der Waals surface area contributed by atoms with Crippen molar-refractivity contribution in [3.63, 3.8) is 0 Å². The Morgan fingerprint density at radius 1 is 0.846 bits per heavy atom. The molecule has 2 rings (SSSR count). The lowest BCUT2D eigenvalue weighted by Crippen LogP contribution is -2.19. The van der Waals surface area contributed by atoms with Crippen LogP contribution < -0.4 is 0 Å². The molecule has 75 valence electrons. The van der Waals surface area contributed by atoms with Crippen molar-refractivity contribution in [1.82, 2.24) is 0 Å². The molecule has 0 aromatic carbocycles. The molecule has 0 N–H and O–H groups in total. The monoisotopic (exact) mass is 179 g/mol. The summed E-state index contributed by atoms with van der Waals surface area (Å²) in [7, 11) is 0. The smallest absolute Gasteiger partial charge is 0.0357 e. The van der Waals surface area contributed by atoms with Crippen molar-refractivity contribution < 1.29 is 0 Å². The minimum atomic E-state index is 0.991. The Balaban J connectivity index is 1.90. The third-order valence-electron chi connectivity index (χ3n) is 4.34. The molecule has 1 radical (unpaired) electrons. The molecule has 2 saturated carbocycles. The standard InChI is InChI=1S/C13H23/c1-2-13(11-7-3-4-8-11)12-9-5-6-10-12/h11-13H,1-10H2. The van der Waals surface area contributed by atoms with Crippen LogP contribution in [0.1, 0.15) is 57.8 Å². The fraction of sp³-hybridized carbons (Fsp3) is 0.923. The first kappa shape index (κ1) is 9.55. The minimum absolute atomic E-state index is 0.991. The second-order valence-electron chi connectivity index (χ2n) is 5.04. The van der Waals surface area contributed by atoms with Gasteiger partial charge in [-0.15, -0.1) is 0 Å². The van der Waals surface area contributed by atoms with Crippen LogP contribution in [0.3, 0.4) is 0 Å². The maximum absolute atomic E-state index is 4.18. The lowest BCUT2D eigenvalue weighted by molar-refractivity contribution is 0.232. The largest absolute Gasteiger partial charge is 0.0530 e. The minimum Gasteiger partial charge on any atom is -0.0530 e. The lowest BCUT2D eigenvalue weighted by Gasteiger charge is -2.27. The quantitative estimate of drug-likeness (QED) is 0.609. The van der Waals surface area contributed by atoms with Gasteiger partial charge in [0.05, 0.1) is 0 Å². The molecular formula is C13H23. The van der Waals surface area contributed by atoms with Crippen molar-refractivity contribution in [1.29, 1.82) is 0 Å². The zero-order valence-corrected chi connectivity index (χ0v) is 8.80. The normalized spacial score (nSPS) is 26.3. The predicted molar refractivity (Wildman–Crippen MR) is 57.4 cm³/mol. The van der Waals surface area contributed by atoms with Gasteiger partial charge in [0, 0.05) is 0 Å². The van der Waals surface area contributed by atoms with Crippen molar-refractivity contribution in [2.24, 2.45) is 17.8 Å². The van der Waals surface area contributed by atoms with Crippen LogP contribution in [0.2, 0.25) is 0 Å². The zero-order valence-electron chi connectivity index (χ0n) is 8.80. The van der Waals surface area contributed by atoms with Crippen LogP contribution in [0.25, 0.3) is 0 Å². The molecule has 2 aliphatic rings. The van der Waals surface area contributed by atoms with E-state index >= 15 is 0 Å². The van der Waals surface area contributed by atoms with E-state index in [4.69, 9.17) is 0 Å². The van der Waals surface area contributed by atoms with Gasteiger partial charge in [0.2, 0.25) is 0 Å². The van der Waals surface area contributed by atoms with Gasteiger partial charge in [0.25, 0.3) is 0 Å². The Hall–Kier alpha value is 0. The first-order valence-corrected chi connectivity index (χ1v) is 6.21. The van der Waals surface area contributed by atoms with E-state index in [0.29, 0.717) is 0 Å². The molecule has 0 spiro atoms. The van der Waals surface area contributed by atoms with Gasteiger partial charge in [-0.1, -0.05) is 58.3 Å². The fourth-order valence-electron chi connectivity index (χ4n) is 3.63. The predicted octanol–water partition coefficient (Wildman–Crippen LogP) is 4.21. The van der Waals surface area contributed by atoms with Gasteiger partial charge in [0.15, 0.2) is 0 Å². The SMILES string of the molecule is [CH2]CC(C1CCCC1)C1CCCC1. The van der Waals surface area contributed by atoms with E-state index in [1.54, 1.807) is 0 Å².